The summed E-state index contributed by atoms with van der Waals surface area (Å²) in [5, 5.41) is 9.30. The van der Waals surface area contributed by atoms with Crippen molar-refractivity contribution in [2.45, 2.75) is 26.8 Å². The van der Waals surface area contributed by atoms with Crippen LogP contribution in [-0.4, -0.2) is 37.3 Å². The number of halogens is 1. The number of hydrogen-bond acceptors (Lipinski definition) is 6. The lowest BCUT2D eigenvalue weighted by atomic mass is 9.95. The molecule has 180 valence electrons. The number of carbonyl (C=O) groups excluding carboxylic acids is 2. The number of benzene rings is 2. The maximum Gasteiger partial charge on any atom is 0.337 e. The van der Waals surface area contributed by atoms with Gasteiger partial charge in [-0.15, -0.1) is 0 Å². The van der Waals surface area contributed by atoms with Gasteiger partial charge >= 0.3 is 5.97 Å². The van der Waals surface area contributed by atoms with Crippen LogP contribution in [0.25, 0.3) is 0 Å². The Balaban J connectivity index is 1.85. The molecule has 0 aromatic heterocycles. The molecule has 34 heavy (non-hydrogen) atoms. The Labute approximate surface area is 217 Å². The largest absolute Gasteiger partial charge is 0.490 e. The summed E-state index contributed by atoms with van der Waals surface area (Å²) < 4.78 is 17.4. The molecule has 0 fully saturated rings. The number of esters is 1. The zero-order valence-corrected chi connectivity index (χ0v) is 22.3. The molecule has 0 saturated heterocycles. The number of hydrogen-bond donors (Lipinski definition) is 3. The average molecular weight is 595 g/mol. The molecule has 0 spiro atoms. The number of thiocarbonyl (C=S) groups is 1. The second-order valence-corrected chi connectivity index (χ2v) is 9.10. The molecular weight excluding hydrogens is 569 g/mol. The number of carbonyl (C=O) groups is 2. The molecule has 2 aromatic carbocycles. The first-order chi connectivity index (χ1) is 16.2. The molecule has 0 aliphatic carbocycles. The van der Waals surface area contributed by atoms with Crippen LogP contribution in [0.2, 0.25) is 0 Å². The molecule has 0 bridgehead atoms. The Bertz CT molecular complexity index is 1130. The van der Waals surface area contributed by atoms with Gasteiger partial charge in [-0.1, -0.05) is 17.7 Å². The van der Waals surface area contributed by atoms with E-state index in [1.54, 1.807) is 13.0 Å². The van der Waals surface area contributed by atoms with Crippen molar-refractivity contribution in [2.24, 2.45) is 0 Å². The van der Waals surface area contributed by atoms with Crippen molar-refractivity contribution >= 4 is 57.5 Å². The molecule has 1 amide bonds. The third-order valence-corrected chi connectivity index (χ3v) is 6.04. The van der Waals surface area contributed by atoms with E-state index in [0.29, 0.717) is 40.2 Å². The van der Waals surface area contributed by atoms with Gasteiger partial charge in [-0.3, -0.25) is 4.79 Å². The van der Waals surface area contributed by atoms with Gasteiger partial charge in [0.15, 0.2) is 23.2 Å². The Morgan fingerprint density at radius 2 is 1.85 bits per heavy atom. The summed E-state index contributed by atoms with van der Waals surface area (Å²) in [6, 6.07) is 10.6. The third-order valence-electron chi connectivity index (χ3n) is 5.02. The van der Waals surface area contributed by atoms with Gasteiger partial charge in [-0.05, 0) is 85.4 Å². The van der Waals surface area contributed by atoms with Gasteiger partial charge in [0, 0.05) is 11.4 Å². The number of allylic oxidation sites excluding steroid dienone is 1. The SMILES string of the molecule is CCOc1cc(C2NC(=S)NC(C)=C2C(=O)OC)cc(I)c1OCC(=O)Nc1ccc(C)cc1. The van der Waals surface area contributed by atoms with Crippen LogP contribution in [0.4, 0.5) is 5.69 Å². The number of methoxy groups -OCH3 is 1. The van der Waals surface area contributed by atoms with Gasteiger partial charge in [-0.2, -0.15) is 0 Å². The predicted octanol–water partition coefficient (Wildman–Crippen LogP) is 3.98. The molecule has 1 unspecified atom stereocenters. The quantitative estimate of drug-likeness (QED) is 0.240. The van der Waals surface area contributed by atoms with Crippen LogP contribution < -0.4 is 25.4 Å². The number of ether oxygens (including phenoxy) is 3. The Kier molecular flexibility index (Phi) is 8.72. The van der Waals surface area contributed by atoms with E-state index in [9.17, 15) is 9.59 Å². The van der Waals surface area contributed by atoms with Gasteiger partial charge in [0.1, 0.15) is 0 Å². The van der Waals surface area contributed by atoms with Gasteiger partial charge < -0.3 is 30.2 Å². The number of nitrogens with one attached hydrogen (secondary N) is 3. The zero-order valence-electron chi connectivity index (χ0n) is 19.3. The summed E-state index contributed by atoms with van der Waals surface area (Å²) in [5.41, 5.74) is 3.57. The Hall–Kier alpha value is -2.86. The summed E-state index contributed by atoms with van der Waals surface area (Å²) in [4.78, 5) is 24.9. The van der Waals surface area contributed by atoms with E-state index < -0.39 is 12.0 Å². The lowest BCUT2D eigenvalue weighted by Crippen LogP contribution is -2.45. The van der Waals surface area contributed by atoms with E-state index in [-0.39, 0.29) is 12.5 Å². The first-order valence-electron chi connectivity index (χ1n) is 10.6. The van der Waals surface area contributed by atoms with E-state index in [0.717, 1.165) is 14.7 Å². The van der Waals surface area contributed by atoms with Crippen molar-refractivity contribution in [2.75, 3.05) is 25.6 Å². The molecule has 3 rings (SSSR count). The maximum absolute atomic E-state index is 12.5. The van der Waals surface area contributed by atoms with Gasteiger partial charge in [0.05, 0.1) is 28.9 Å². The molecule has 1 aliphatic rings. The van der Waals surface area contributed by atoms with E-state index in [4.69, 9.17) is 26.4 Å². The highest BCUT2D eigenvalue weighted by Crippen LogP contribution is 2.38. The van der Waals surface area contributed by atoms with Gasteiger partial charge in [0.25, 0.3) is 5.91 Å². The number of aryl methyl sites for hydroxylation is 1. The molecule has 1 atom stereocenters. The van der Waals surface area contributed by atoms with E-state index in [1.165, 1.54) is 7.11 Å². The summed E-state index contributed by atoms with van der Waals surface area (Å²) >= 11 is 7.42. The molecule has 1 heterocycles. The molecule has 0 saturated carbocycles. The normalized spacial score (nSPS) is 15.2. The maximum atomic E-state index is 12.5. The standard InChI is InChI=1S/C24H26IN3O5S/c1-5-32-18-11-15(21-20(23(30)31-4)14(3)26-24(34)28-21)10-17(25)22(18)33-12-19(29)27-16-8-6-13(2)7-9-16/h6-11,21H,5,12H2,1-4H3,(H,27,29)(H2,26,28,34). The molecule has 0 radical (unpaired) electrons. The zero-order chi connectivity index (χ0) is 24.8. The monoisotopic (exact) mass is 595 g/mol. The molecule has 8 nitrogen and oxygen atoms in total. The van der Waals surface area contributed by atoms with Crippen LogP contribution in [0.3, 0.4) is 0 Å². The van der Waals surface area contributed by atoms with Crippen LogP contribution in [0, 0.1) is 10.5 Å². The van der Waals surface area contributed by atoms with Crippen molar-refractivity contribution in [3.05, 3.63) is 62.4 Å². The number of anilines is 1. The lowest BCUT2D eigenvalue weighted by Gasteiger charge is -2.30. The van der Waals surface area contributed by atoms with E-state index >= 15 is 0 Å². The smallest absolute Gasteiger partial charge is 0.337 e. The minimum absolute atomic E-state index is 0.189. The van der Waals surface area contributed by atoms with Crippen LogP contribution in [0.15, 0.2) is 47.7 Å². The van der Waals surface area contributed by atoms with Crippen molar-refractivity contribution in [1.29, 1.82) is 0 Å². The summed E-state index contributed by atoms with van der Waals surface area (Å²) in [6.45, 7) is 5.81. The minimum Gasteiger partial charge on any atom is -0.490 e. The average Bonchev–Trinajstić information content (AvgIpc) is 2.79. The van der Waals surface area contributed by atoms with Crippen molar-refractivity contribution in [3.8, 4) is 11.5 Å². The summed E-state index contributed by atoms with van der Waals surface area (Å²) in [5.74, 6) is 0.150. The highest BCUT2D eigenvalue weighted by molar-refractivity contribution is 14.1. The molecule has 2 aromatic rings. The Morgan fingerprint density at radius 1 is 1.15 bits per heavy atom. The first kappa shape index (κ1) is 25.8. The second-order valence-electron chi connectivity index (χ2n) is 7.53. The van der Waals surface area contributed by atoms with Crippen molar-refractivity contribution < 1.29 is 23.8 Å². The fourth-order valence-electron chi connectivity index (χ4n) is 3.45. The van der Waals surface area contributed by atoms with Crippen LogP contribution in [-0.2, 0) is 14.3 Å². The number of amides is 1. The summed E-state index contributed by atoms with van der Waals surface area (Å²) in [7, 11) is 1.33. The first-order valence-corrected chi connectivity index (χ1v) is 12.0. The minimum atomic E-state index is -0.534. The van der Waals surface area contributed by atoms with Crippen LogP contribution in [0.5, 0.6) is 11.5 Å². The molecule has 3 N–H and O–H groups in total. The Morgan fingerprint density at radius 3 is 2.50 bits per heavy atom. The summed E-state index contributed by atoms with van der Waals surface area (Å²) in [6.07, 6.45) is 0. The van der Waals surface area contributed by atoms with Crippen molar-refractivity contribution in [1.82, 2.24) is 10.6 Å². The highest BCUT2D eigenvalue weighted by atomic mass is 127. The fourth-order valence-corrected chi connectivity index (χ4v) is 4.51. The predicted molar refractivity (Wildman–Crippen MR) is 142 cm³/mol. The van der Waals surface area contributed by atoms with E-state index in [1.807, 2.05) is 44.2 Å². The van der Waals surface area contributed by atoms with Crippen molar-refractivity contribution in [3.63, 3.8) is 0 Å². The highest BCUT2D eigenvalue weighted by Gasteiger charge is 2.32. The molecule has 10 heteroatoms. The number of rotatable bonds is 8. The van der Waals surface area contributed by atoms with E-state index in [2.05, 4.69) is 38.5 Å². The van der Waals surface area contributed by atoms with Gasteiger partial charge in [0.2, 0.25) is 0 Å². The van der Waals surface area contributed by atoms with Gasteiger partial charge in [-0.25, -0.2) is 4.79 Å². The van der Waals surface area contributed by atoms with Crippen LogP contribution in [0.1, 0.15) is 31.0 Å². The lowest BCUT2D eigenvalue weighted by molar-refractivity contribution is -0.136. The third kappa shape index (κ3) is 6.17. The molecule has 1 aliphatic heterocycles. The van der Waals surface area contributed by atoms with Crippen LogP contribution >= 0.6 is 34.8 Å². The fraction of sp³-hybridized carbons (Fsp3) is 0.292. The second kappa shape index (κ2) is 11.5. The topological polar surface area (TPSA) is 97.9 Å². The molecular formula is C24H26IN3O5S.